The van der Waals surface area contributed by atoms with Crippen LogP contribution >= 0.6 is 27.3 Å². The van der Waals surface area contributed by atoms with Crippen LogP contribution in [0.2, 0.25) is 0 Å². The van der Waals surface area contributed by atoms with E-state index in [9.17, 15) is 14.9 Å². The molecule has 216 valence electrons. The Bertz CT molecular complexity index is 1640. The average Bonchev–Trinajstić information content (AvgIpc) is 3.66. The predicted octanol–water partition coefficient (Wildman–Crippen LogP) is 5.48. The smallest absolute Gasteiger partial charge is 0.343 e. The molecule has 0 aliphatic carbocycles. The normalized spacial score (nSPS) is 13.0. The molecule has 1 aromatic carbocycles. The number of pyridine rings is 1. The molecule has 3 aromatic heterocycles. The highest BCUT2D eigenvalue weighted by molar-refractivity contribution is 9.11. The van der Waals surface area contributed by atoms with Crippen LogP contribution in [0.15, 0.2) is 50.2 Å². The van der Waals surface area contributed by atoms with Crippen LogP contribution in [0, 0.1) is 11.3 Å². The van der Waals surface area contributed by atoms with Gasteiger partial charge >= 0.3 is 11.9 Å². The lowest BCUT2D eigenvalue weighted by molar-refractivity contribution is 0.0525. The van der Waals surface area contributed by atoms with Gasteiger partial charge in [-0.2, -0.15) is 5.26 Å². The maximum atomic E-state index is 12.7. The number of morpholine rings is 1. The Morgan fingerprint density at radius 1 is 1.17 bits per heavy atom. The highest BCUT2D eigenvalue weighted by Crippen LogP contribution is 2.37. The van der Waals surface area contributed by atoms with Crippen LogP contribution in [0.4, 0.5) is 5.69 Å². The molecule has 1 aliphatic heterocycles. The highest BCUT2D eigenvalue weighted by atomic mass is 79.9. The van der Waals surface area contributed by atoms with Gasteiger partial charge in [0, 0.05) is 40.8 Å². The molecule has 5 rings (SSSR count). The zero-order valence-corrected chi connectivity index (χ0v) is 25.1. The second-order valence-corrected chi connectivity index (χ2v) is 11.2. The molecule has 0 unspecified atom stereocenters. The van der Waals surface area contributed by atoms with E-state index in [0.717, 1.165) is 24.3 Å². The van der Waals surface area contributed by atoms with Gasteiger partial charge in [0.05, 0.1) is 48.2 Å². The van der Waals surface area contributed by atoms with E-state index < -0.39 is 11.9 Å². The van der Waals surface area contributed by atoms with Crippen LogP contribution in [-0.2, 0) is 20.8 Å². The summed E-state index contributed by atoms with van der Waals surface area (Å²) in [5, 5.41) is 15.7. The summed E-state index contributed by atoms with van der Waals surface area (Å²) in [5.74, 6) is -1.12. The Hall–Kier alpha value is -4.25. The molecule has 13 heteroatoms. The molecule has 1 fully saturated rings. The minimum absolute atomic E-state index is 0.0117. The molecule has 4 aromatic rings. The molecule has 0 radical (unpaired) electrons. The van der Waals surface area contributed by atoms with Crippen LogP contribution < -0.4 is 9.64 Å². The fraction of sp³-hybridized carbons (Fsp3) is 0.276. The summed E-state index contributed by atoms with van der Waals surface area (Å²) in [7, 11) is 1.30. The first-order chi connectivity index (χ1) is 20.4. The van der Waals surface area contributed by atoms with Crippen molar-refractivity contribution in [2.24, 2.45) is 0 Å². The second-order valence-electron chi connectivity index (χ2n) is 8.96. The summed E-state index contributed by atoms with van der Waals surface area (Å²) < 4.78 is 27.7. The first-order valence-corrected chi connectivity index (χ1v) is 14.6. The van der Waals surface area contributed by atoms with Crippen molar-refractivity contribution in [2.45, 2.75) is 13.5 Å². The minimum Gasteiger partial charge on any atom is -0.472 e. The monoisotopic (exact) mass is 652 g/mol. The van der Waals surface area contributed by atoms with E-state index in [1.807, 2.05) is 24.3 Å². The number of aromatic nitrogens is 2. The quantitative estimate of drug-likeness (QED) is 0.213. The van der Waals surface area contributed by atoms with Crippen molar-refractivity contribution in [3.8, 4) is 34.5 Å². The van der Waals surface area contributed by atoms with Gasteiger partial charge in [0.2, 0.25) is 5.88 Å². The summed E-state index contributed by atoms with van der Waals surface area (Å²) in [6.45, 7) is 4.68. The first kappa shape index (κ1) is 29.2. The lowest BCUT2D eigenvalue weighted by Crippen LogP contribution is -2.36. The minimum atomic E-state index is -0.641. The maximum absolute atomic E-state index is 12.7. The Balaban J connectivity index is 1.58. The van der Waals surface area contributed by atoms with Gasteiger partial charge in [0.25, 0.3) is 0 Å². The van der Waals surface area contributed by atoms with Gasteiger partial charge in [-0.25, -0.2) is 14.6 Å². The molecule has 0 bridgehead atoms. The van der Waals surface area contributed by atoms with Crippen LogP contribution in [0.1, 0.15) is 38.8 Å². The Morgan fingerprint density at radius 2 is 1.93 bits per heavy atom. The van der Waals surface area contributed by atoms with E-state index in [-0.39, 0.29) is 41.5 Å². The van der Waals surface area contributed by atoms with Crippen molar-refractivity contribution >= 4 is 44.9 Å². The molecule has 0 N–H and O–H groups in total. The molecular weight excluding hydrogens is 628 g/mol. The van der Waals surface area contributed by atoms with Crippen LogP contribution in [0.5, 0.6) is 5.88 Å². The second kappa shape index (κ2) is 13.2. The first-order valence-electron chi connectivity index (χ1n) is 12.9. The van der Waals surface area contributed by atoms with E-state index in [1.165, 1.54) is 24.6 Å². The number of benzene rings is 1. The van der Waals surface area contributed by atoms with Crippen molar-refractivity contribution < 1.29 is 33.1 Å². The molecule has 1 saturated heterocycles. The fourth-order valence-electron chi connectivity index (χ4n) is 4.43. The van der Waals surface area contributed by atoms with E-state index in [4.69, 9.17) is 23.5 Å². The van der Waals surface area contributed by atoms with Gasteiger partial charge < -0.3 is 28.4 Å². The average molecular weight is 654 g/mol. The maximum Gasteiger partial charge on any atom is 0.343 e. The summed E-state index contributed by atoms with van der Waals surface area (Å²) in [4.78, 5) is 31.9. The topological polar surface area (TPSA) is 137 Å². The van der Waals surface area contributed by atoms with Gasteiger partial charge in [-0.1, -0.05) is 17.3 Å². The predicted molar refractivity (Wildman–Crippen MR) is 157 cm³/mol. The number of nitrogens with zero attached hydrogens (tertiary/aromatic N) is 4. The number of carbonyl (C=O) groups excluding carboxylic acids is 2. The van der Waals surface area contributed by atoms with Crippen molar-refractivity contribution in [2.75, 3.05) is 44.9 Å². The van der Waals surface area contributed by atoms with E-state index in [0.29, 0.717) is 33.8 Å². The Labute approximate surface area is 253 Å². The number of halogens is 1. The van der Waals surface area contributed by atoms with Gasteiger partial charge in [0.1, 0.15) is 23.8 Å². The lowest BCUT2D eigenvalue weighted by atomic mass is 10.0. The van der Waals surface area contributed by atoms with Crippen molar-refractivity contribution in [3.63, 3.8) is 0 Å². The number of rotatable bonds is 9. The van der Waals surface area contributed by atoms with Crippen molar-refractivity contribution in [1.29, 1.82) is 5.26 Å². The van der Waals surface area contributed by atoms with Gasteiger partial charge in [-0.3, -0.25) is 0 Å². The highest BCUT2D eigenvalue weighted by Gasteiger charge is 2.26. The van der Waals surface area contributed by atoms with Gasteiger partial charge in [-0.05, 0) is 41.1 Å². The Morgan fingerprint density at radius 3 is 2.62 bits per heavy atom. The zero-order valence-electron chi connectivity index (χ0n) is 22.7. The van der Waals surface area contributed by atoms with Crippen LogP contribution in [-0.4, -0.2) is 62.1 Å². The van der Waals surface area contributed by atoms with E-state index in [1.54, 1.807) is 18.4 Å². The molecular formula is C29H25BrN4O7S. The van der Waals surface area contributed by atoms with E-state index in [2.05, 4.69) is 37.0 Å². The molecule has 0 amide bonds. The molecule has 42 heavy (non-hydrogen) atoms. The molecule has 1 aliphatic rings. The van der Waals surface area contributed by atoms with Gasteiger partial charge in [-0.15, -0.1) is 11.3 Å². The molecule has 0 spiro atoms. The molecule has 11 nitrogen and oxygen atoms in total. The largest absolute Gasteiger partial charge is 0.472 e. The third-order valence-electron chi connectivity index (χ3n) is 6.55. The number of ether oxygens (including phenoxy) is 4. The SMILES string of the molecule is CCOC(=O)c1cnoc1-c1cc(-c2ccc(N3CCOCC3)cc2)nc(OCc2c(C(=O)OC)csc2Br)c1C#N. The van der Waals surface area contributed by atoms with E-state index >= 15 is 0 Å². The van der Waals surface area contributed by atoms with Crippen LogP contribution in [0.3, 0.4) is 0 Å². The summed E-state index contributed by atoms with van der Waals surface area (Å²) in [5.41, 5.74) is 3.49. The Kier molecular flexibility index (Phi) is 9.16. The van der Waals surface area contributed by atoms with Gasteiger partial charge in [0.15, 0.2) is 5.76 Å². The number of methoxy groups -OCH3 is 1. The molecule has 0 atom stereocenters. The van der Waals surface area contributed by atoms with Crippen LogP contribution in [0.25, 0.3) is 22.6 Å². The standard InChI is InChI=1S/C29H25BrN4O7S/c1-3-39-29(36)21-14-32-41-25(21)19-12-24(17-4-6-18(7-5-17)34-8-10-38-11-9-34)33-27(20(19)13-31)40-15-22-23(28(35)37-2)16-42-26(22)30/h4-7,12,14,16H,3,8-11,15H2,1-2H3. The number of carbonyl (C=O) groups is 2. The molecule has 0 saturated carbocycles. The number of hydrogen-bond donors (Lipinski definition) is 0. The van der Waals surface area contributed by atoms with Crippen molar-refractivity contribution in [3.05, 3.63) is 67.9 Å². The summed E-state index contributed by atoms with van der Waals surface area (Å²) >= 11 is 4.77. The third kappa shape index (κ3) is 6.01. The summed E-state index contributed by atoms with van der Waals surface area (Å²) in [6.07, 6.45) is 1.25. The third-order valence-corrected chi connectivity index (χ3v) is 8.40. The molecule has 4 heterocycles. The van der Waals surface area contributed by atoms with Crippen molar-refractivity contribution in [1.82, 2.24) is 10.1 Å². The zero-order chi connectivity index (χ0) is 29.6. The number of nitriles is 1. The number of thiophene rings is 1. The lowest BCUT2D eigenvalue weighted by Gasteiger charge is -2.28. The summed E-state index contributed by atoms with van der Waals surface area (Å²) in [6, 6.07) is 11.6. The number of hydrogen-bond acceptors (Lipinski definition) is 12. The number of esters is 2. The number of anilines is 1. The fourth-order valence-corrected chi connectivity index (χ4v) is 5.81.